The van der Waals surface area contributed by atoms with Gasteiger partial charge in [0.15, 0.2) is 0 Å². The molecule has 4 heteroatoms. The lowest BCUT2D eigenvalue weighted by Gasteiger charge is -2.12. The number of benzene rings is 2. The Morgan fingerprint density at radius 2 is 1.94 bits per heavy atom. The van der Waals surface area contributed by atoms with Crippen molar-refractivity contribution in [3.05, 3.63) is 83.6 Å². The van der Waals surface area contributed by atoms with Gasteiger partial charge in [-0.3, -0.25) is 4.98 Å². The van der Waals surface area contributed by atoms with Gasteiger partial charge in [-0.15, -0.1) is 0 Å². The first-order chi connectivity index (χ1) is 18.7. The zero-order chi connectivity index (χ0) is 27.4. The van der Waals surface area contributed by atoms with Gasteiger partial charge < -0.3 is 4.42 Å². The Kier molecular flexibility index (Phi) is 3.91. The fraction of sp³-hybridized carbons (Fsp3) is 0.233. The Hall–Kier alpha value is -3.97. The van der Waals surface area contributed by atoms with E-state index in [1.54, 1.807) is 12.1 Å². The van der Waals surface area contributed by atoms with Crippen molar-refractivity contribution in [2.75, 3.05) is 0 Å². The van der Waals surface area contributed by atoms with Crippen molar-refractivity contribution in [2.45, 2.75) is 38.9 Å². The predicted molar refractivity (Wildman–Crippen MR) is 135 cm³/mol. The van der Waals surface area contributed by atoms with Gasteiger partial charge >= 0.3 is 0 Å². The summed E-state index contributed by atoms with van der Waals surface area (Å²) in [4.78, 5) is 9.25. The van der Waals surface area contributed by atoms with Gasteiger partial charge in [0.1, 0.15) is 5.58 Å². The van der Waals surface area contributed by atoms with Crippen molar-refractivity contribution < 1.29 is 11.3 Å². The van der Waals surface area contributed by atoms with Crippen LogP contribution in [0, 0.1) is 24.1 Å². The SMILES string of the molecule is [2H]C([2H])([2H])c1cc(-c2ccc(C#N)c3c2oc2nc(-c4ccccc4)ccc23)ncc1C([2H])([2H])C1CCCC1. The molecule has 0 aliphatic heterocycles. The third kappa shape index (κ3) is 3.54. The highest BCUT2D eigenvalue weighted by Gasteiger charge is 2.20. The molecule has 3 heterocycles. The van der Waals surface area contributed by atoms with Crippen LogP contribution >= 0.6 is 0 Å². The molecule has 166 valence electrons. The van der Waals surface area contributed by atoms with E-state index >= 15 is 0 Å². The minimum absolute atomic E-state index is 0.0532. The molecule has 1 fully saturated rings. The molecule has 3 aromatic heterocycles. The lowest BCUT2D eigenvalue weighted by atomic mass is 9.95. The Morgan fingerprint density at radius 1 is 1.09 bits per heavy atom. The third-order valence-electron chi connectivity index (χ3n) is 6.57. The summed E-state index contributed by atoms with van der Waals surface area (Å²) < 4.78 is 48.5. The Morgan fingerprint density at radius 3 is 2.74 bits per heavy atom. The molecule has 4 nitrogen and oxygen atoms in total. The summed E-state index contributed by atoms with van der Waals surface area (Å²) in [7, 11) is 0. The molecule has 0 spiro atoms. The number of nitrogens with zero attached hydrogens (tertiary/aromatic N) is 3. The highest BCUT2D eigenvalue weighted by Crippen LogP contribution is 2.38. The highest BCUT2D eigenvalue weighted by atomic mass is 16.3. The van der Waals surface area contributed by atoms with Gasteiger partial charge in [-0.1, -0.05) is 56.0 Å². The predicted octanol–water partition coefficient (Wildman–Crippen LogP) is 7.62. The van der Waals surface area contributed by atoms with Gasteiger partial charge in [0, 0.05) is 34.9 Å². The first-order valence-corrected chi connectivity index (χ1v) is 11.5. The minimum Gasteiger partial charge on any atom is -0.437 e. The van der Waals surface area contributed by atoms with Gasteiger partial charge in [-0.2, -0.15) is 5.26 Å². The Bertz CT molecular complexity index is 1750. The molecule has 0 N–H and O–H groups in total. The van der Waals surface area contributed by atoms with Gasteiger partial charge in [-0.25, -0.2) is 4.98 Å². The second kappa shape index (κ2) is 8.43. The van der Waals surface area contributed by atoms with Crippen molar-refractivity contribution in [1.29, 1.82) is 5.26 Å². The molecule has 34 heavy (non-hydrogen) atoms. The number of nitriles is 1. The first-order valence-electron chi connectivity index (χ1n) is 14.0. The van der Waals surface area contributed by atoms with Gasteiger partial charge in [0.05, 0.1) is 23.0 Å². The van der Waals surface area contributed by atoms with E-state index in [0.29, 0.717) is 38.9 Å². The molecule has 0 atom stereocenters. The van der Waals surface area contributed by atoms with Crippen LogP contribution in [0.15, 0.2) is 71.3 Å². The van der Waals surface area contributed by atoms with Crippen molar-refractivity contribution in [1.82, 2.24) is 9.97 Å². The van der Waals surface area contributed by atoms with Crippen molar-refractivity contribution >= 4 is 22.1 Å². The van der Waals surface area contributed by atoms with Gasteiger partial charge in [0.25, 0.3) is 0 Å². The number of fused-ring (bicyclic) bond motifs is 3. The van der Waals surface area contributed by atoms with Gasteiger partial charge in [0.2, 0.25) is 5.71 Å². The van der Waals surface area contributed by atoms with Crippen LogP contribution in [0.2, 0.25) is 0 Å². The van der Waals surface area contributed by atoms with Crippen molar-refractivity contribution in [3.63, 3.8) is 0 Å². The molecular weight excluding hydrogens is 418 g/mol. The summed E-state index contributed by atoms with van der Waals surface area (Å²) in [5, 5.41) is 11.1. The van der Waals surface area contributed by atoms with Crippen molar-refractivity contribution in [3.8, 4) is 28.6 Å². The largest absolute Gasteiger partial charge is 0.437 e. The number of furan rings is 1. The molecular formula is C30H25N3O. The van der Waals surface area contributed by atoms with Crippen molar-refractivity contribution in [2.24, 2.45) is 5.92 Å². The second-order valence-electron chi connectivity index (χ2n) is 8.73. The monoisotopic (exact) mass is 448 g/mol. The molecule has 1 aliphatic rings. The summed E-state index contributed by atoms with van der Waals surface area (Å²) in [5.41, 5.74) is 3.72. The van der Waals surface area contributed by atoms with Crippen LogP contribution in [0.1, 0.15) is 49.2 Å². The number of aryl methyl sites for hydroxylation is 1. The second-order valence-corrected chi connectivity index (χ2v) is 8.73. The molecule has 0 unspecified atom stereocenters. The number of hydrogen-bond donors (Lipinski definition) is 0. The topological polar surface area (TPSA) is 62.7 Å². The van der Waals surface area contributed by atoms with E-state index in [2.05, 4.69) is 11.1 Å². The normalized spacial score (nSPS) is 17.1. The Labute approximate surface area is 205 Å². The fourth-order valence-electron chi connectivity index (χ4n) is 4.83. The zero-order valence-corrected chi connectivity index (χ0v) is 18.5. The minimum atomic E-state index is -2.54. The Balaban J connectivity index is 1.54. The summed E-state index contributed by atoms with van der Waals surface area (Å²) >= 11 is 0. The van der Waals surface area contributed by atoms with Crippen LogP contribution in [0.3, 0.4) is 0 Å². The summed E-state index contributed by atoms with van der Waals surface area (Å²) in [6.07, 6.45) is 2.89. The molecule has 0 radical (unpaired) electrons. The van der Waals surface area contributed by atoms with E-state index in [4.69, 9.17) is 16.3 Å². The fourth-order valence-corrected chi connectivity index (χ4v) is 4.83. The third-order valence-corrected chi connectivity index (χ3v) is 6.57. The molecule has 0 amide bonds. The van der Waals surface area contributed by atoms with Gasteiger partial charge in [-0.05, 0) is 60.6 Å². The first kappa shape index (κ1) is 15.8. The lowest BCUT2D eigenvalue weighted by molar-refractivity contribution is 0.544. The molecule has 1 aliphatic carbocycles. The van der Waals surface area contributed by atoms with E-state index in [-0.39, 0.29) is 17.0 Å². The number of pyridine rings is 2. The maximum absolute atomic E-state index is 9.84. The number of hydrogen-bond acceptors (Lipinski definition) is 4. The summed E-state index contributed by atoms with van der Waals surface area (Å²) in [6, 6.07) is 20.5. The highest BCUT2D eigenvalue weighted by molar-refractivity contribution is 6.11. The lowest BCUT2D eigenvalue weighted by Crippen LogP contribution is -2.02. The van der Waals surface area contributed by atoms with Crippen LogP contribution in [-0.2, 0) is 6.37 Å². The number of aromatic nitrogens is 2. The van der Waals surface area contributed by atoms with E-state index in [0.717, 1.165) is 36.9 Å². The van der Waals surface area contributed by atoms with E-state index in [1.807, 2.05) is 42.5 Å². The van der Waals surface area contributed by atoms with E-state index in [9.17, 15) is 5.26 Å². The van der Waals surface area contributed by atoms with Crippen LogP contribution in [0.25, 0.3) is 44.6 Å². The quantitative estimate of drug-likeness (QED) is 0.284. The maximum atomic E-state index is 9.84. The van der Waals surface area contributed by atoms with Crippen LogP contribution in [0.5, 0.6) is 0 Å². The van der Waals surface area contributed by atoms with Crippen LogP contribution < -0.4 is 0 Å². The molecule has 1 saturated carbocycles. The molecule has 6 rings (SSSR count). The van der Waals surface area contributed by atoms with E-state index in [1.165, 1.54) is 12.3 Å². The summed E-state index contributed by atoms with van der Waals surface area (Å²) in [6.45, 7) is -2.54. The smallest absolute Gasteiger partial charge is 0.227 e. The number of rotatable bonds is 4. The van der Waals surface area contributed by atoms with Crippen LogP contribution in [-0.4, -0.2) is 9.97 Å². The van der Waals surface area contributed by atoms with E-state index < -0.39 is 13.2 Å². The average Bonchev–Trinajstić information content (AvgIpc) is 3.61. The maximum Gasteiger partial charge on any atom is 0.227 e. The molecule has 2 aromatic carbocycles. The molecule has 5 aromatic rings. The molecule has 0 bridgehead atoms. The zero-order valence-electron chi connectivity index (χ0n) is 23.5. The average molecular weight is 449 g/mol. The molecule has 0 saturated heterocycles. The van der Waals surface area contributed by atoms with Crippen LogP contribution in [0.4, 0.5) is 0 Å². The standard InChI is InChI=1S/C30H25N3O/c1-19-15-27(32-18-23(19)16-20-7-5-6-8-20)24-12-11-22(17-31)28-25-13-14-26(21-9-3-2-4-10-21)33-30(25)34-29(24)28/h2-4,9-15,18,20H,5-8,16H2,1H3/i1D3,16D2. The summed E-state index contributed by atoms with van der Waals surface area (Å²) in [5.74, 6) is -0.242.